The van der Waals surface area contributed by atoms with Crippen molar-refractivity contribution in [2.75, 3.05) is 6.54 Å². The zero-order chi connectivity index (χ0) is 9.73. The molecule has 1 nitrogen and oxygen atoms in total. The van der Waals surface area contributed by atoms with Crippen molar-refractivity contribution in [1.29, 1.82) is 0 Å². The second-order valence-corrected chi connectivity index (χ2v) is 4.78. The van der Waals surface area contributed by atoms with E-state index in [4.69, 9.17) is 0 Å². The molecule has 1 aliphatic rings. The molecule has 1 atom stereocenters. The van der Waals surface area contributed by atoms with Gasteiger partial charge in [-0.05, 0) is 37.6 Å². The summed E-state index contributed by atoms with van der Waals surface area (Å²) in [6.07, 6.45) is 8.30. The Morgan fingerprint density at radius 3 is 2.31 bits per heavy atom. The van der Waals surface area contributed by atoms with Crippen molar-refractivity contribution in [3.8, 4) is 0 Å². The number of hydrogen-bond donors (Lipinski definition) is 1. The summed E-state index contributed by atoms with van der Waals surface area (Å²) >= 11 is 0. The van der Waals surface area contributed by atoms with Crippen LogP contribution in [-0.4, -0.2) is 12.6 Å². The predicted octanol–water partition coefficient (Wildman–Crippen LogP) is 3.34. The van der Waals surface area contributed by atoms with Crippen LogP contribution in [0.15, 0.2) is 0 Å². The van der Waals surface area contributed by atoms with Crippen molar-refractivity contribution in [1.82, 2.24) is 5.32 Å². The normalized spacial score (nSPS) is 23.3. The molecule has 0 heterocycles. The van der Waals surface area contributed by atoms with Crippen molar-refractivity contribution >= 4 is 0 Å². The van der Waals surface area contributed by atoms with E-state index in [1.165, 1.54) is 45.1 Å². The molecule has 0 aromatic rings. The first-order chi connectivity index (χ1) is 6.23. The highest BCUT2D eigenvalue weighted by molar-refractivity contribution is 4.90. The maximum Gasteiger partial charge on any atom is 0.0118 e. The van der Waals surface area contributed by atoms with Gasteiger partial charge in [-0.15, -0.1) is 0 Å². The molecular formula is C12H25N. The molecule has 1 heteroatoms. The second-order valence-electron chi connectivity index (χ2n) is 4.78. The summed E-state index contributed by atoms with van der Waals surface area (Å²) in [5, 5.41) is 3.70. The topological polar surface area (TPSA) is 12.0 Å². The second kappa shape index (κ2) is 4.99. The highest BCUT2D eigenvalue weighted by Crippen LogP contribution is 2.41. The smallest absolute Gasteiger partial charge is 0.0118 e. The van der Waals surface area contributed by atoms with Gasteiger partial charge in [-0.1, -0.05) is 33.6 Å². The minimum atomic E-state index is 0.601. The molecule has 0 aromatic carbocycles. The lowest BCUT2D eigenvalue weighted by atomic mass is 9.79. The quantitative estimate of drug-likeness (QED) is 0.689. The van der Waals surface area contributed by atoms with E-state index in [-0.39, 0.29) is 0 Å². The van der Waals surface area contributed by atoms with E-state index in [2.05, 4.69) is 26.1 Å². The molecule has 0 amide bonds. The number of hydrogen-bond acceptors (Lipinski definition) is 1. The van der Waals surface area contributed by atoms with Crippen LogP contribution in [0.5, 0.6) is 0 Å². The molecule has 0 radical (unpaired) electrons. The predicted molar refractivity (Wildman–Crippen MR) is 58.9 cm³/mol. The Bertz CT molecular complexity index is 136. The van der Waals surface area contributed by atoms with Gasteiger partial charge in [-0.25, -0.2) is 0 Å². The van der Waals surface area contributed by atoms with E-state index >= 15 is 0 Å². The summed E-state index contributed by atoms with van der Waals surface area (Å²) < 4.78 is 0. The molecule has 0 aromatic heterocycles. The van der Waals surface area contributed by atoms with Crippen LogP contribution in [0.1, 0.15) is 59.3 Å². The number of nitrogens with one attached hydrogen (secondary N) is 1. The van der Waals surface area contributed by atoms with Gasteiger partial charge in [-0.2, -0.15) is 0 Å². The lowest BCUT2D eigenvalue weighted by molar-refractivity contribution is 0.215. The Balaban J connectivity index is 2.43. The van der Waals surface area contributed by atoms with E-state index < -0.39 is 0 Å². The first kappa shape index (κ1) is 11.0. The van der Waals surface area contributed by atoms with Crippen molar-refractivity contribution in [3.05, 3.63) is 0 Å². The van der Waals surface area contributed by atoms with Crippen LogP contribution in [0.4, 0.5) is 0 Å². The SMILES string of the molecule is CCCNC(CC)C1(C)CCCC1. The van der Waals surface area contributed by atoms with Crippen LogP contribution in [0.3, 0.4) is 0 Å². The molecule has 0 spiro atoms. The van der Waals surface area contributed by atoms with Crippen LogP contribution < -0.4 is 5.32 Å². The molecule has 1 unspecified atom stereocenters. The van der Waals surface area contributed by atoms with Gasteiger partial charge in [0, 0.05) is 6.04 Å². The first-order valence-corrected chi connectivity index (χ1v) is 5.96. The van der Waals surface area contributed by atoms with Crippen LogP contribution in [0.25, 0.3) is 0 Å². The Morgan fingerprint density at radius 2 is 1.85 bits per heavy atom. The largest absolute Gasteiger partial charge is 0.313 e. The van der Waals surface area contributed by atoms with E-state index in [9.17, 15) is 0 Å². The third-order valence-corrected chi connectivity index (χ3v) is 3.64. The lowest BCUT2D eigenvalue weighted by Gasteiger charge is -2.34. The average molecular weight is 183 g/mol. The van der Waals surface area contributed by atoms with E-state index in [1.807, 2.05) is 0 Å². The summed E-state index contributed by atoms with van der Waals surface area (Å²) in [7, 11) is 0. The molecule has 1 rings (SSSR count). The molecule has 1 saturated carbocycles. The van der Waals surface area contributed by atoms with Gasteiger partial charge in [0.25, 0.3) is 0 Å². The fourth-order valence-corrected chi connectivity index (χ4v) is 2.73. The Morgan fingerprint density at radius 1 is 1.23 bits per heavy atom. The van der Waals surface area contributed by atoms with E-state index in [0.717, 1.165) is 6.04 Å². The van der Waals surface area contributed by atoms with Gasteiger partial charge in [0.1, 0.15) is 0 Å². The zero-order valence-electron chi connectivity index (χ0n) is 9.53. The summed E-state index contributed by atoms with van der Waals surface area (Å²) in [5.74, 6) is 0. The summed E-state index contributed by atoms with van der Waals surface area (Å²) in [5.41, 5.74) is 0.601. The molecule has 0 bridgehead atoms. The summed E-state index contributed by atoms with van der Waals surface area (Å²) in [6, 6.07) is 0.759. The van der Waals surface area contributed by atoms with Crippen LogP contribution in [0, 0.1) is 5.41 Å². The van der Waals surface area contributed by atoms with Gasteiger partial charge in [0.2, 0.25) is 0 Å². The highest BCUT2D eigenvalue weighted by Gasteiger charge is 2.35. The lowest BCUT2D eigenvalue weighted by Crippen LogP contribution is -2.42. The molecule has 1 fully saturated rings. The molecule has 0 saturated heterocycles. The minimum absolute atomic E-state index is 0.601. The van der Waals surface area contributed by atoms with Crippen LogP contribution in [0.2, 0.25) is 0 Å². The van der Waals surface area contributed by atoms with Crippen LogP contribution >= 0.6 is 0 Å². The van der Waals surface area contributed by atoms with Crippen LogP contribution in [-0.2, 0) is 0 Å². The third-order valence-electron chi connectivity index (χ3n) is 3.64. The third kappa shape index (κ3) is 2.70. The Hall–Kier alpha value is -0.0400. The van der Waals surface area contributed by atoms with Crippen molar-refractivity contribution in [2.45, 2.75) is 65.3 Å². The molecular weight excluding hydrogens is 158 g/mol. The van der Waals surface area contributed by atoms with Crippen molar-refractivity contribution in [2.24, 2.45) is 5.41 Å². The molecule has 78 valence electrons. The van der Waals surface area contributed by atoms with Gasteiger partial charge < -0.3 is 5.32 Å². The van der Waals surface area contributed by atoms with Gasteiger partial charge >= 0.3 is 0 Å². The molecule has 13 heavy (non-hydrogen) atoms. The standard InChI is InChI=1S/C12H25N/c1-4-10-13-11(5-2)12(3)8-6-7-9-12/h11,13H,4-10H2,1-3H3. The molecule has 1 aliphatic carbocycles. The Labute approximate surface area is 83.3 Å². The Kier molecular flexibility index (Phi) is 4.24. The van der Waals surface area contributed by atoms with Crippen molar-refractivity contribution < 1.29 is 0 Å². The van der Waals surface area contributed by atoms with E-state index in [1.54, 1.807) is 0 Å². The van der Waals surface area contributed by atoms with Gasteiger partial charge in [0.15, 0.2) is 0 Å². The maximum absolute atomic E-state index is 3.70. The molecule has 0 aliphatic heterocycles. The molecule has 1 N–H and O–H groups in total. The fraction of sp³-hybridized carbons (Fsp3) is 1.00. The number of rotatable bonds is 5. The fourth-order valence-electron chi connectivity index (χ4n) is 2.73. The summed E-state index contributed by atoms with van der Waals surface area (Å²) in [6.45, 7) is 8.22. The minimum Gasteiger partial charge on any atom is -0.313 e. The van der Waals surface area contributed by atoms with Gasteiger partial charge in [-0.3, -0.25) is 0 Å². The van der Waals surface area contributed by atoms with E-state index in [0.29, 0.717) is 5.41 Å². The first-order valence-electron chi connectivity index (χ1n) is 5.96. The zero-order valence-corrected chi connectivity index (χ0v) is 9.53. The highest BCUT2D eigenvalue weighted by atomic mass is 14.9. The average Bonchev–Trinajstić information content (AvgIpc) is 2.54. The monoisotopic (exact) mass is 183 g/mol. The maximum atomic E-state index is 3.70. The van der Waals surface area contributed by atoms with Gasteiger partial charge in [0.05, 0.1) is 0 Å². The summed E-state index contributed by atoms with van der Waals surface area (Å²) in [4.78, 5) is 0. The van der Waals surface area contributed by atoms with Crippen molar-refractivity contribution in [3.63, 3.8) is 0 Å².